The van der Waals surface area contributed by atoms with Gasteiger partial charge in [0.1, 0.15) is 6.04 Å². The van der Waals surface area contributed by atoms with E-state index in [0.29, 0.717) is 18.7 Å². The Hall–Kier alpha value is -2.27. The van der Waals surface area contributed by atoms with Crippen LogP contribution in [0, 0.1) is 6.92 Å². The number of likely N-dealkylation sites (N-methyl/N-ethyl adjacent to an activating group) is 1. The highest BCUT2D eigenvalue weighted by Gasteiger charge is 2.27. The lowest BCUT2D eigenvalue weighted by Gasteiger charge is -2.30. The first kappa shape index (κ1) is 21.0. The SMILES string of the molecule is CCC(C(=O)NC)N(CCc1ccccc1)C(=O)CSc1ccc(C)cc1. The fraction of sp³-hybridized carbons (Fsp3) is 0.364. The molecule has 144 valence electrons. The molecular weight excluding hydrogens is 356 g/mol. The Morgan fingerprint density at radius 2 is 1.74 bits per heavy atom. The lowest BCUT2D eigenvalue weighted by atomic mass is 10.1. The van der Waals surface area contributed by atoms with Crippen LogP contribution in [0.4, 0.5) is 0 Å². The van der Waals surface area contributed by atoms with E-state index in [4.69, 9.17) is 0 Å². The smallest absolute Gasteiger partial charge is 0.242 e. The van der Waals surface area contributed by atoms with Crippen molar-refractivity contribution in [3.8, 4) is 0 Å². The van der Waals surface area contributed by atoms with Crippen molar-refractivity contribution in [3.05, 3.63) is 65.7 Å². The molecule has 1 atom stereocenters. The fourth-order valence-corrected chi connectivity index (χ4v) is 3.71. The van der Waals surface area contributed by atoms with Gasteiger partial charge in [0.05, 0.1) is 5.75 Å². The Labute approximate surface area is 166 Å². The normalized spacial score (nSPS) is 11.7. The standard InChI is InChI=1S/C22H28N2O2S/c1-4-20(22(26)23-3)24(15-14-18-8-6-5-7-9-18)21(25)16-27-19-12-10-17(2)11-13-19/h5-13,20H,4,14-16H2,1-3H3,(H,23,26). The van der Waals surface area contributed by atoms with Crippen molar-refractivity contribution >= 4 is 23.6 Å². The third kappa shape index (κ3) is 6.43. The van der Waals surface area contributed by atoms with Gasteiger partial charge in [-0.1, -0.05) is 55.0 Å². The van der Waals surface area contributed by atoms with Gasteiger partial charge in [-0.25, -0.2) is 0 Å². The summed E-state index contributed by atoms with van der Waals surface area (Å²) < 4.78 is 0. The highest BCUT2D eigenvalue weighted by atomic mass is 32.2. The minimum atomic E-state index is -0.440. The molecule has 0 spiro atoms. The van der Waals surface area contributed by atoms with E-state index < -0.39 is 6.04 Å². The van der Waals surface area contributed by atoms with Crippen LogP contribution in [0.2, 0.25) is 0 Å². The molecule has 0 aliphatic heterocycles. The van der Waals surface area contributed by atoms with Crippen LogP contribution in [0.3, 0.4) is 0 Å². The zero-order chi connectivity index (χ0) is 19.6. The minimum Gasteiger partial charge on any atom is -0.357 e. The van der Waals surface area contributed by atoms with Gasteiger partial charge in [0.15, 0.2) is 0 Å². The van der Waals surface area contributed by atoms with E-state index >= 15 is 0 Å². The number of rotatable bonds is 9. The molecule has 0 fully saturated rings. The molecule has 0 saturated carbocycles. The second kappa shape index (κ2) is 10.8. The molecule has 5 heteroatoms. The highest BCUT2D eigenvalue weighted by Crippen LogP contribution is 2.20. The average Bonchev–Trinajstić information content (AvgIpc) is 2.70. The zero-order valence-corrected chi connectivity index (χ0v) is 17.1. The van der Waals surface area contributed by atoms with Gasteiger partial charge in [-0.05, 0) is 37.5 Å². The highest BCUT2D eigenvalue weighted by molar-refractivity contribution is 8.00. The van der Waals surface area contributed by atoms with Gasteiger partial charge in [-0.3, -0.25) is 9.59 Å². The first-order valence-electron chi connectivity index (χ1n) is 9.29. The van der Waals surface area contributed by atoms with E-state index in [2.05, 4.69) is 5.32 Å². The third-order valence-electron chi connectivity index (χ3n) is 4.50. The van der Waals surface area contributed by atoms with Gasteiger partial charge in [0, 0.05) is 18.5 Å². The lowest BCUT2D eigenvalue weighted by Crippen LogP contribution is -2.50. The van der Waals surface area contributed by atoms with Crippen molar-refractivity contribution in [2.45, 2.75) is 37.6 Å². The largest absolute Gasteiger partial charge is 0.357 e. The van der Waals surface area contributed by atoms with E-state index in [1.165, 1.54) is 17.3 Å². The number of aryl methyl sites for hydroxylation is 1. The van der Waals surface area contributed by atoms with Crippen LogP contribution in [0.5, 0.6) is 0 Å². The molecule has 0 radical (unpaired) electrons. The molecule has 2 amide bonds. The summed E-state index contributed by atoms with van der Waals surface area (Å²) >= 11 is 1.51. The Bertz CT molecular complexity index is 732. The quantitative estimate of drug-likeness (QED) is 0.671. The maximum absolute atomic E-state index is 13.0. The van der Waals surface area contributed by atoms with Crippen molar-refractivity contribution in [2.24, 2.45) is 0 Å². The van der Waals surface area contributed by atoms with E-state index in [9.17, 15) is 9.59 Å². The molecular formula is C22H28N2O2S. The number of hydrogen-bond donors (Lipinski definition) is 1. The van der Waals surface area contributed by atoms with Gasteiger partial charge in [0.25, 0.3) is 0 Å². The predicted molar refractivity (Wildman–Crippen MR) is 112 cm³/mol. The Kier molecular flexibility index (Phi) is 8.40. The Morgan fingerprint density at radius 3 is 2.33 bits per heavy atom. The van der Waals surface area contributed by atoms with E-state index in [0.717, 1.165) is 16.9 Å². The molecule has 4 nitrogen and oxygen atoms in total. The van der Waals surface area contributed by atoms with Crippen LogP contribution in [0.1, 0.15) is 24.5 Å². The fourth-order valence-electron chi connectivity index (χ4n) is 2.92. The topological polar surface area (TPSA) is 49.4 Å². The monoisotopic (exact) mass is 384 g/mol. The summed E-state index contributed by atoms with van der Waals surface area (Å²) in [5, 5.41) is 2.69. The van der Waals surface area contributed by atoms with Gasteiger partial charge < -0.3 is 10.2 Å². The van der Waals surface area contributed by atoms with E-state index in [-0.39, 0.29) is 11.8 Å². The summed E-state index contributed by atoms with van der Waals surface area (Å²) in [5.41, 5.74) is 2.36. The second-order valence-electron chi connectivity index (χ2n) is 6.46. The molecule has 0 saturated heterocycles. The Morgan fingerprint density at radius 1 is 1.07 bits per heavy atom. The third-order valence-corrected chi connectivity index (χ3v) is 5.50. The number of benzene rings is 2. The number of nitrogens with zero attached hydrogens (tertiary/aromatic N) is 1. The lowest BCUT2D eigenvalue weighted by molar-refractivity contribution is -0.138. The first-order chi connectivity index (χ1) is 13.0. The van der Waals surface area contributed by atoms with E-state index in [1.807, 2.05) is 68.4 Å². The average molecular weight is 385 g/mol. The predicted octanol–water partition coefficient (Wildman–Crippen LogP) is 3.68. The molecule has 0 heterocycles. The summed E-state index contributed by atoms with van der Waals surface area (Å²) in [5.74, 6) is 0.205. The second-order valence-corrected chi connectivity index (χ2v) is 7.51. The van der Waals surface area contributed by atoms with Crippen LogP contribution >= 0.6 is 11.8 Å². The van der Waals surface area contributed by atoms with Crippen molar-refractivity contribution in [3.63, 3.8) is 0 Å². The molecule has 1 unspecified atom stereocenters. The molecule has 2 aromatic carbocycles. The maximum Gasteiger partial charge on any atom is 0.242 e. The van der Waals surface area contributed by atoms with Crippen molar-refractivity contribution in [2.75, 3.05) is 19.3 Å². The van der Waals surface area contributed by atoms with Gasteiger partial charge in [0.2, 0.25) is 11.8 Å². The maximum atomic E-state index is 13.0. The Balaban J connectivity index is 2.07. The molecule has 0 aliphatic carbocycles. The van der Waals surface area contributed by atoms with Crippen molar-refractivity contribution in [1.29, 1.82) is 0 Å². The number of carbonyl (C=O) groups excluding carboxylic acids is 2. The molecule has 0 aliphatic rings. The molecule has 2 aromatic rings. The van der Waals surface area contributed by atoms with E-state index in [1.54, 1.807) is 11.9 Å². The van der Waals surface area contributed by atoms with Crippen LogP contribution in [-0.2, 0) is 16.0 Å². The van der Waals surface area contributed by atoms with Gasteiger partial charge >= 0.3 is 0 Å². The number of hydrogen-bond acceptors (Lipinski definition) is 3. The molecule has 1 N–H and O–H groups in total. The van der Waals surface area contributed by atoms with Gasteiger partial charge in [-0.2, -0.15) is 0 Å². The molecule has 27 heavy (non-hydrogen) atoms. The number of thioether (sulfide) groups is 1. The summed E-state index contributed by atoms with van der Waals surface area (Å²) in [6.45, 7) is 4.51. The number of nitrogens with one attached hydrogen (secondary N) is 1. The van der Waals surface area contributed by atoms with Crippen LogP contribution < -0.4 is 5.32 Å². The van der Waals surface area contributed by atoms with Crippen LogP contribution in [0.15, 0.2) is 59.5 Å². The van der Waals surface area contributed by atoms with Crippen LogP contribution in [-0.4, -0.2) is 42.1 Å². The number of carbonyl (C=O) groups is 2. The number of amides is 2. The summed E-state index contributed by atoms with van der Waals surface area (Å²) in [6, 6.07) is 17.7. The summed E-state index contributed by atoms with van der Waals surface area (Å²) in [7, 11) is 1.62. The van der Waals surface area contributed by atoms with Crippen LogP contribution in [0.25, 0.3) is 0 Å². The van der Waals surface area contributed by atoms with Gasteiger partial charge in [-0.15, -0.1) is 11.8 Å². The zero-order valence-electron chi connectivity index (χ0n) is 16.3. The summed E-state index contributed by atoms with van der Waals surface area (Å²) in [6.07, 6.45) is 1.32. The van der Waals surface area contributed by atoms with Crippen molar-refractivity contribution < 1.29 is 9.59 Å². The minimum absolute atomic E-state index is 0.00745. The molecule has 0 bridgehead atoms. The summed E-state index contributed by atoms with van der Waals surface area (Å²) in [4.78, 5) is 28.0. The molecule has 0 aromatic heterocycles. The van der Waals surface area contributed by atoms with Crippen molar-refractivity contribution in [1.82, 2.24) is 10.2 Å². The molecule has 2 rings (SSSR count). The first-order valence-corrected chi connectivity index (χ1v) is 10.3.